The van der Waals surface area contributed by atoms with E-state index in [1.807, 2.05) is 56.5 Å². The van der Waals surface area contributed by atoms with E-state index in [0.717, 1.165) is 25.6 Å². The van der Waals surface area contributed by atoms with Crippen molar-refractivity contribution < 1.29 is 32.0 Å². The molecule has 0 aliphatic carbocycles. The quantitative estimate of drug-likeness (QED) is 0.176. The largest absolute Gasteiger partial charge is 0.416 e. The van der Waals surface area contributed by atoms with Gasteiger partial charge in [0, 0.05) is 68.7 Å². The lowest BCUT2D eigenvalue weighted by Crippen LogP contribution is -2.36. The number of hydrogen-bond donors (Lipinski definition) is 2. The number of H-pyrrole nitrogens is 1. The summed E-state index contributed by atoms with van der Waals surface area (Å²) in [5, 5.41) is 10.8. The molecule has 0 saturated carbocycles. The van der Waals surface area contributed by atoms with E-state index in [0.29, 0.717) is 66.8 Å². The Bertz CT molecular complexity index is 2140. The smallest absolute Gasteiger partial charge is 0.379 e. The van der Waals surface area contributed by atoms with E-state index in [9.17, 15) is 22.8 Å². The topological polar surface area (TPSA) is 160 Å². The van der Waals surface area contributed by atoms with Crippen LogP contribution in [0, 0.1) is 0 Å². The van der Waals surface area contributed by atoms with Gasteiger partial charge in [-0.3, -0.25) is 19.2 Å². The Hall–Kier alpha value is -5.42. The number of alkyl halides is 3. The fourth-order valence-electron chi connectivity index (χ4n) is 6.33. The second kappa shape index (κ2) is 16.5. The van der Waals surface area contributed by atoms with Crippen molar-refractivity contribution in [3.05, 3.63) is 77.9 Å². The number of carbonyl (C=O) groups is 2. The third kappa shape index (κ3) is 9.11. The molecule has 55 heavy (non-hydrogen) atoms. The van der Waals surface area contributed by atoms with Crippen LogP contribution in [0.15, 0.2) is 59.5 Å². The number of benzene rings is 1. The van der Waals surface area contributed by atoms with E-state index >= 15 is 0 Å². The van der Waals surface area contributed by atoms with Crippen molar-refractivity contribution in [2.75, 3.05) is 45.9 Å². The minimum absolute atomic E-state index is 0.0181. The predicted molar refractivity (Wildman–Crippen MR) is 198 cm³/mol. The molecule has 2 fully saturated rings. The number of likely N-dealkylation sites (tertiary alicyclic amines) is 1. The number of fused-ring (bicyclic) bond motifs is 1. The first kappa shape index (κ1) is 39.3. The minimum atomic E-state index is -4.71. The zero-order valence-electron chi connectivity index (χ0n) is 31.5. The van der Waals surface area contributed by atoms with E-state index in [1.165, 1.54) is 12.3 Å². The summed E-state index contributed by atoms with van der Waals surface area (Å²) in [7, 11) is 0. The van der Waals surface area contributed by atoms with Gasteiger partial charge < -0.3 is 24.5 Å². The van der Waals surface area contributed by atoms with E-state index in [1.54, 1.807) is 24.4 Å². The Balaban J connectivity index is 0.00000253. The van der Waals surface area contributed by atoms with E-state index in [4.69, 9.17) is 9.26 Å². The molecule has 1 atom stereocenters. The van der Waals surface area contributed by atoms with E-state index < -0.39 is 29.6 Å². The number of aromatic amines is 1. The highest BCUT2D eigenvalue weighted by Crippen LogP contribution is 2.37. The van der Waals surface area contributed by atoms with Gasteiger partial charge in [0.1, 0.15) is 5.82 Å². The highest BCUT2D eigenvalue weighted by molar-refractivity contribution is 5.92. The number of aromatic nitrogens is 7. The van der Waals surface area contributed by atoms with Crippen LogP contribution in [0.2, 0.25) is 0 Å². The number of nitrogens with one attached hydrogen (secondary N) is 2. The summed E-state index contributed by atoms with van der Waals surface area (Å²) in [6.45, 7) is 14.1. The summed E-state index contributed by atoms with van der Waals surface area (Å²) in [6, 6.07) is 5.53. The summed E-state index contributed by atoms with van der Waals surface area (Å²) in [6.07, 6.45) is 4.56. The van der Waals surface area contributed by atoms with Crippen LogP contribution in [-0.4, -0.2) is 102 Å². The Morgan fingerprint density at radius 1 is 1.05 bits per heavy atom. The van der Waals surface area contributed by atoms with Gasteiger partial charge in [-0.25, -0.2) is 9.97 Å². The van der Waals surface area contributed by atoms with Crippen molar-refractivity contribution in [2.24, 2.45) is 0 Å². The van der Waals surface area contributed by atoms with Gasteiger partial charge in [0.15, 0.2) is 11.5 Å². The van der Waals surface area contributed by atoms with Gasteiger partial charge in [-0.1, -0.05) is 58.0 Å². The first-order valence-corrected chi connectivity index (χ1v) is 18.3. The number of ether oxygens (including phenoxy) is 1. The number of hydrogen-bond acceptors (Lipinski definition) is 10. The Morgan fingerprint density at radius 2 is 1.84 bits per heavy atom. The second-order valence-electron chi connectivity index (χ2n) is 14.1. The molecule has 1 unspecified atom stereocenters. The van der Waals surface area contributed by atoms with Gasteiger partial charge in [0.25, 0.3) is 0 Å². The van der Waals surface area contributed by atoms with Crippen molar-refractivity contribution in [1.82, 2.24) is 50.0 Å². The minimum Gasteiger partial charge on any atom is -0.379 e. The van der Waals surface area contributed by atoms with Gasteiger partial charge in [-0.05, 0) is 29.7 Å². The molecular formula is C38H45F3N10O4. The van der Waals surface area contributed by atoms with E-state index in [2.05, 4.69) is 40.4 Å². The first-order valence-electron chi connectivity index (χ1n) is 18.3. The average Bonchev–Trinajstić information content (AvgIpc) is 4.00. The SMILES string of the molecule is CC.CC(C)(C)c1noc(C(=O)NCc2ccc(-c3ccnc4nc(-c5cnn(C6CCN(C(=O)/C=C/CN7CCOCC7)C6)c5)[nH]c34)cc2C(F)(F)F)n1. The van der Waals surface area contributed by atoms with Crippen LogP contribution in [0.5, 0.6) is 0 Å². The molecule has 6 heterocycles. The number of carbonyl (C=O) groups excluding carboxylic acids is 2. The molecule has 14 nitrogen and oxygen atoms in total. The molecule has 0 bridgehead atoms. The number of nitrogens with zero attached hydrogens (tertiary/aromatic N) is 8. The molecule has 0 radical (unpaired) electrons. The highest BCUT2D eigenvalue weighted by Gasteiger charge is 2.34. The van der Waals surface area contributed by atoms with Crippen LogP contribution in [0.25, 0.3) is 33.7 Å². The van der Waals surface area contributed by atoms with Gasteiger partial charge in [-0.15, -0.1) is 0 Å². The predicted octanol–water partition coefficient (Wildman–Crippen LogP) is 5.81. The Morgan fingerprint density at radius 3 is 2.56 bits per heavy atom. The first-order chi connectivity index (χ1) is 26.3. The molecule has 1 aromatic carbocycles. The maximum atomic E-state index is 14.4. The van der Waals surface area contributed by atoms with Crippen LogP contribution in [0.4, 0.5) is 13.2 Å². The normalized spacial score (nSPS) is 16.8. The summed E-state index contributed by atoms with van der Waals surface area (Å²) >= 11 is 0. The molecular weight excluding hydrogens is 717 g/mol. The molecule has 2 saturated heterocycles. The summed E-state index contributed by atoms with van der Waals surface area (Å²) in [4.78, 5) is 45.8. The molecule has 2 amide bonds. The molecule has 2 N–H and O–H groups in total. The Kier molecular flexibility index (Phi) is 11.8. The maximum Gasteiger partial charge on any atom is 0.416 e. The van der Waals surface area contributed by atoms with Crippen LogP contribution in [0.3, 0.4) is 0 Å². The third-order valence-corrected chi connectivity index (χ3v) is 9.30. The molecule has 17 heteroatoms. The van der Waals surface area contributed by atoms with Gasteiger partial charge in [0.2, 0.25) is 5.91 Å². The van der Waals surface area contributed by atoms with Crippen molar-refractivity contribution >= 4 is 23.0 Å². The third-order valence-electron chi connectivity index (χ3n) is 9.30. The molecule has 2 aliphatic heterocycles. The van der Waals surface area contributed by atoms with Gasteiger partial charge in [-0.2, -0.15) is 23.3 Å². The second-order valence-corrected chi connectivity index (χ2v) is 14.1. The lowest BCUT2D eigenvalue weighted by Gasteiger charge is -2.25. The van der Waals surface area contributed by atoms with Crippen LogP contribution in [-0.2, 0) is 27.7 Å². The fourth-order valence-corrected chi connectivity index (χ4v) is 6.33. The number of rotatable bonds is 9. The van der Waals surface area contributed by atoms with Gasteiger partial charge >= 0.3 is 18.0 Å². The van der Waals surface area contributed by atoms with Crippen molar-refractivity contribution in [2.45, 2.75) is 65.2 Å². The zero-order valence-corrected chi connectivity index (χ0v) is 31.5. The van der Waals surface area contributed by atoms with Gasteiger partial charge in [0.05, 0.1) is 42.1 Å². The summed E-state index contributed by atoms with van der Waals surface area (Å²) in [5.74, 6) is -0.383. The Labute approximate surface area is 316 Å². The lowest BCUT2D eigenvalue weighted by molar-refractivity contribution is -0.138. The highest BCUT2D eigenvalue weighted by atomic mass is 19.4. The number of pyridine rings is 1. The molecule has 0 spiro atoms. The summed E-state index contributed by atoms with van der Waals surface area (Å²) < 4.78 is 55.3. The molecule has 292 valence electrons. The molecule has 7 rings (SSSR count). The number of amides is 2. The average molecular weight is 763 g/mol. The summed E-state index contributed by atoms with van der Waals surface area (Å²) in [5.41, 5.74) is 0.689. The molecule has 2 aliphatic rings. The zero-order chi connectivity index (χ0) is 39.3. The van der Waals surface area contributed by atoms with Crippen LogP contribution >= 0.6 is 0 Å². The maximum absolute atomic E-state index is 14.4. The number of imidazole rings is 1. The number of morpholine rings is 1. The standard InChI is InChI=1S/C36H39F3N10O4.C2H6/c1-35(2,3)34-45-33(53-46-34)32(51)41-18-23-7-6-22(17-27(23)36(37,38)39)26-8-10-40-31-29(26)43-30(44-31)24-19-42-49(20-24)25-9-12-48(21-25)28(50)5-4-11-47-13-15-52-16-14-47;1-2/h4-8,10,17,19-20,25H,9,11-16,18,21H2,1-3H3,(H,41,51)(H,40,43,44);1-2H3/b5-4+;. The van der Waals surface area contributed by atoms with Crippen molar-refractivity contribution in [1.29, 1.82) is 0 Å². The van der Waals surface area contributed by atoms with E-state index in [-0.39, 0.29) is 29.0 Å². The van der Waals surface area contributed by atoms with Crippen molar-refractivity contribution in [3.8, 4) is 22.5 Å². The molecule has 5 aromatic rings. The monoisotopic (exact) mass is 762 g/mol. The lowest BCUT2D eigenvalue weighted by atomic mass is 9.96. The molecule has 4 aromatic heterocycles. The number of halogens is 3. The van der Waals surface area contributed by atoms with Crippen LogP contribution in [0.1, 0.15) is 74.7 Å². The fraction of sp³-hybridized carbons (Fsp3) is 0.447. The van der Waals surface area contributed by atoms with Crippen molar-refractivity contribution in [3.63, 3.8) is 0 Å². The van der Waals surface area contributed by atoms with Crippen LogP contribution < -0.4 is 5.32 Å².